The van der Waals surface area contributed by atoms with E-state index in [9.17, 15) is 0 Å². The molecule has 2 rings (SSSR count). The second-order valence-electron chi connectivity index (χ2n) is 7.01. The van der Waals surface area contributed by atoms with Crippen molar-refractivity contribution in [3.8, 4) is 0 Å². The number of para-hydroxylation sites is 1. The first-order valence-corrected chi connectivity index (χ1v) is 8.03. The number of anilines is 1. The van der Waals surface area contributed by atoms with E-state index in [4.69, 9.17) is 0 Å². The average Bonchev–Trinajstić information content (AvgIpc) is 2.73. The lowest BCUT2D eigenvalue weighted by molar-refractivity contribution is 0.282. The van der Waals surface area contributed by atoms with E-state index in [2.05, 4.69) is 69.1 Å². The van der Waals surface area contributed by atoms with Gasteiger partial charge in [-0.05, 0) is 36.8 Å². The largest absolute Gasteiger partial charge is 0.368 e. The minimum absolute atomic E-state index is 0.329. The molecule has 0 saturated carbocycles. The van der Waals surface area contributed by atoms with E-state index in [1.54, 1.807) is 0 Å². The van der Waals surface area contributed by atoms with Crippen molar-refractivity contribution in [2.24, 2.45) is 5.41 Å². The quantitative estimate of drug-likeness (QED) is 0.847. The number of nitrogens with zero attached hydrogens (tertiary/aromatic N) is 1. The number of hydrogen-bond acceptors (Lipinski definition) is 2. The summed E-state index contributed by atoms with van der Waals surface area (Å²) in [4.78, 5) is 2.61. The summed E-state index contributed by atoms with van der Waals surface area (Å²) in [6.45, 7) is 13.8. The van der Waals surface area contributed by atoms with E-state index in [-0.39, 0.29) is 0 Å². The molecule has 1 heterocycles. The van der Waals surface area contributed by atoms with Crippen LogP contribution in [0.2, 0.25) is 0 Å². The van der Waals surface area contributed by atoms with E-state index < -0.39 is 0 Å². The molecule has 0 spiro atoms. The van der Waals surface area contributed by atoms with Gasteiger partial charge in [-0.2, -0.15) is 0 Å². The van der Waals surface area contributed by atoms with Gasteiger partial charge in [0.2, 0.25) is 0 Å². The molecule has 112 valence electrons. The summed E-state index contributed by atoms with van der Waals surface area (Å²) in [6.07, 6.45) is 2.39. The van der Waals surface area contributed by atoms with Crippen LogP contribution in [-0.4, -0.2) is 25.2 Å². The molecule has 0 radical (unpaired) electrons. The van der Waals surface area contributed by atoms with Crippen LogP contribution in [0.4, 0.5) is 5.69 Å². The Bertz CT molecular complexity index is 441. The topological polar surface area (TPSA) is 15.3 Å². The smallest absolute Gasteiger partial charge is 0.0402 e. The molecular formula is C18H30N2. The summed E-state index contributed by atoms with van der Waals surface area (Å²) < 4.78 is 0. The minimum Gasteiger partial charge on any atom is -0.368 e. The third kappa shape index (κ3) is 3.35. The summed E-state index contributed by atoms with van der Waals surface area (Å²) in [5, 5.41) is 3.62. The second-order valence-corrected chi connectivity index (χ2v) is 7.01. The standard InChI is InChI=1S/C18H30N2/c1-6-18(5,12-19-14(2)3)13-20-15(4)11-16-9-7-8-10-17(16)20/h7-10,14-15,19H,6,11-13H2,1-5H3. The lowest BCUT2D eigenvalue weighted by Gasteiger charge is -2.37. The van der Waals surface area contributed by atoms with E-state index in [1.165, 1.54) is 24.1 Å². The van der Waals surface area contributed by atoms with Crippen LogP contribution in [0.1, 0.15) is 46.6 Å². The average molecular weight is 274 g/mol. The zero-order chi connectivity index (χ0) is 14.8. The molecule has 2 atom stereocenters. The van der Waals surface area contributed by atoms with Crippen molar-refractivity contribution in [3.05, 3.63) is 29.8 Å². The lowest BCUT2D eigenvalue weighted by atomic mass is 9.86. The van der Waals surface area contributed by atoms with Crippen LogP contribution in [0, 0.1) is 5.41 Å². The Balaban J connectivity index is 2.11. The van der Waals surface area contributed by atoms with E-state index in [1.807, 2.05) is 0 Å². The number of nitrogens with one attached hydrogen (secondary N) is 1. The molecule has 0 aromatic heterocycles. The Morgan fingerprint density at radius 2 is 2.05 bits per heavy atom. The van der Waals surface area contributed by atoms with Crippen LogP contribution in [-0.2, 0) is 6.42 Å². The molecule has 0 saturated heterocycles. The first kappa shape index (κ1) is 15.4. The lowest BCUT2D eigenvalue weighted by Crippen LogP contribution is -2.45. The highest BCUT2D eigenvalue weighted by molar-refractivity contribution is 5.59. The van der Waals surface area contributed by atoms with Gasteiger partial charge in [-0.3, -0.25) is 0 Å². The van der Waals surface area contributed by atoms with Gasteiger partial charge in [0.25, 0.3) is 0 Å². The molecule has 1 aliphatic rings. The van der Waals surface area contributed by atoms with Gasteiger partial charge in [0.15, 0.2) is 0 Å². The number of benzene rings is 1. The van der Waals surface area contributed by atoms with Crippen molar-refractivity contribution in [2.75, 3.05) is 18.0 Å². The summed E-state index contributed by atoms with van der Waals surface area (Å²) in [5.41, 5.74) is 3.29. The molecule has 0 bridgehead atoms. The molecule has 1 aromatic carbocycles. The van der Waals surface area contributed by atoms with Crippen LogP contribution < -0.4 is 10.2 Å². The molecule has 1 N–H and O–H groups in total. The molecule has 20 heavy (non-hydrogen) atoms. The molecule has 2 nitrogen and oxygen atoms in total. The van der Waals surface area contributed by atoms with E-state index >= 15 is 0 Å². The first-order valence-electron chi connectivity index (χ1n) is 8.03. The highest BCUT2D eigenvalue weighted by Crippen LogP contribution is 2.35. The maximum absolute atomic E-state index is 3.62. The van der Waals surface area contributed by atoms with Crippen molar-refractivity contribution >= 4 is 5.69 Å². The Labute approximate surface area is 124 Å². The van der Waals surface area contributed by atoms with Gasteiger partial charge in [-0.1, -0.05) is 45.9 Å². The Morgan fingerprint density at radius 3 is 2.70 bits per heavy atom. The number of hydrogen-bond donors (Lipinski definition) is 1. The number of fused-ring (bicyclic) bond motifs is 1. The molecule has 1 aromatic rings. The maximum Gasteiger partial charge on any atom is 0.0402 e. The molecular weight excluding hydrogens is 244 g/mol. The van der Waals surface area contributed by atoms with Crippen molar-refractivity contribution in [2.45, 2.75) is 59.5 Å². The Morgan fingerprint density at radius 1 is 1.35 bits per heavy atom. The van der Waals surface area contributed by atoms with Gasteiger partial charge in [0.1, 0.15) is 0 Å². The first-order chi connectivity index (χ1) is 9.45. The van der Waals surface area contributed by atoms with Crippen LogP contribution in [0.25, 0.3) is 0 Å². The van der Waals surface area contributed by atoms with Crippen LogP contribution in [0.5, 0.6) is 0 Å². The predicted octanol–water partition coefficient (Wildman–Crippen LogP) is 3.85. The van der Waals surface area contributed by atoms with Gasteiger partial charge in [-0.15, -0.1) is 0 Å². The van der Waals surface area contributed by atoms with Crippen LogP contribution in [0.15, 0.2) is 24.3 Å². The zero-order valence-corrected chi connectivity index (χ0v) is 13.7. The van der Waals surface area contributed by atoms with Gasteiger partial charge >= 0.3 is 0 Å². The van der Waals surface area contributed by atoms with Crippen LogP contribution >= 0.6 is 0 Å². The predicted molar refractivity (Wildman–Crippen MR) is 88.5 cm³/mol. The van der Waals surface area contributed by atoms with Gasteiger partial charge in [0, 0.05) is 30.9 Å². The summed E-state index contributed by atoms with van der Waals surface area (Å²) in [5.74, 6) is 0. The SMILES string of the molecule is CCC(C)(CNC(C)C)CN1c2ccccc2CC1C. The molecule has 2 unspecified atom stereocenters. The van der Waals surface area contributed by atoms with E-state index in [0.717, 1.165) is 13.1 Å². The normalized spacial score (nSPS) is 21.1. The van der Waals surface area contributed by atoms with E-state index in [0.29, 0.717) is 17.5 Å². The minimum atomic E-state index is 0.329. The third-order valence-electron chi connectivity index (χ3n) is 4.69. The van der Waals surface area contributed by atoms with Crippen molar-refractivity contribution in [3.63, 3.8) is 0 Å². The Hall–Kier alpha value is -1.02. The van der Waals surface area contributed by atoms with Gasteiger partial charge < -0.3 is 10.2 Å². The van der Waals surface area contributed by atoms with Crippen molar-refractivity contribution < 1.29 is 0 Å². The second kappa shape index (κ2) is 6.17. The third-order valence-corrected chi connectivity index (χ3v) is 4.69. The van der Waals surface area contributed by atoms with Crippen molar-refractivity contribution in [1.29, 1.82) is 0 Å². The monoisotopic (exact) mass is 274 g/mol. The fourth-order valence-corrected chi connectivity index (χ4v) is 3.03. The van der Waals surface area contributed by atoms with Crippen molar-refractivity contribution in [1.82, 2.24) is 5.32 Å². The van der Waals surface area contributed by atoms with Crippen LogP contribution in [0.3, 0.4) is 0 Å². The number of rotatable bonds is 6. The summed E-state index contributed by atoms with van der Waals surface area (Å²) >= 11 is 0. The molecule has 0 fully saturated rings. The maximum atomic E-state index is 3.62. The molecule has 2 heteroatoms. The Kier molecular flexibility index (Phi) is 4.74. The highest BCUT2D eigenvalue weighted by Gasteiger charge is 2.32. The van der Waals surface area contributed by atoms with Gasteiger partial charge in [0.05, 0.1) is 0 Å². The van der Waals surface area contributed by atoms with Gasteiger partial charge in [-0.25, -0.2) is 0 Å². The molecule has 1 aliphatic heterocycles. The fraction of sp³-hybridized carbons (Fsp3) is 0.667. The molecule has 0 amide bonds. The highest BCUT2D eigenvalue weighted by atomic mass is 15.2. The fourth-order valence-electron chi connectivity index (χ4n) is 3.03. The summed E-state index contributed by atoms with van der Waals surface area (Å²) in [6, 6.07) is 10.1. The molecule has 0 aliphatic carbocycles. The zero-order valence-electron chi connectivity index (χ0n) is 13.7. The summed E-state index contributed by atoms with van der Waals surface area (Å²) in [7, 11) is 0.